The molecule has 1 aliphatic carbocycles. The summed E-state index contributed by atoms with van der Waals surface area (Å²) in [5, 5.41) is 3.86. The number of amides is 3. The fraction of sp³-hybridized carbons (Fsp3) is 0.444. The molecule has 0 bridgehead atoms. The molecule has 1 saturated carbocycles. The minimum Gasteiger partial charge on any atom is -0.493 e. The standard InChI is InChI=1S/C27H33N5O3/c1-30-24-10-9-23(35-19-20-6-3-2-4-7-20)16-21(24)17-25(30)26(33)31-12-14-32(15-13-31)27(34)29-22-8-5-11-28-18-22/h5,8-11,16-18,20H,2-4,6-7,12-15,19H2,1H3,(H,29,34). The molecule has 1 saturated heterocycles. The molecule has 2 fully saturated rings. The van der Waals surface area contributed by atoms with Gasteiger partial charge in [-0.1, -0.05) is 19.3 Å². The summed E-state index contributed by atoms with van der Waals surface area (Å²) >= 11 is 0. The zero-order chi connectivity index (χ0) is 24.2. The second-order valence-electron chi connectivity index (χ2n) is 9.58. The Labute approximate surface area is 205 Å². The third-order valence-corrected chi connectivity index (χ3v) is 7.21. The first-order valence-corrected chi connectivity index (χ1v) is 12.6. The van der Waals surface area contributed by atoms with Crippen molar-refractivity contribution in [3.05, 3.63) is 54.5 Å². The number of nitrogens with one attached hydrogen (secondary N) is 1. The molecule has 3 amide bonds. The normalized spacial score (nSPS) is 16.9. The SMILES string of the molecule is Cn1c(C(=O)N2CCN(C(=O)Nc3cccnc3)CC2)cc2cc(OCC3CCCCC3)ccc21. The van der Waals surface area contributed by atoms with Crippen molar-refractivity contribution in [1.29, 1.82) is 0 Å². The number of benzene rings is 1. The Morgan fingerprint density at radius 2 is 1.80 bits per heavy atom. The molecular weight excluding hydrogens is 442 g/mol. The zero-order valence-corrected chi connectivity index (χ0v) is 20.3. The summed E-state index contributed by atoms with van der Waals surface area (Å²) in [5.41, 5.74) is 2.32. The molecule has 0 radical (unpaired) electrons. The fourth-order valence-electron chi connectivity index (χ4n) is 5.10. The van der Waals surface area contributed by atoms with Crippen LogP contribution in [0, 0.1) is 5.92 Å². The fourth-order valence-corrected chi connectivity index (χ4v) is 5.10. The van der Waals surface area contributed by atoms with Gasteiger partial charge in [-0.05, 0) is 55.2 Å². The minimum atomic E-state index is -0.171. The van der Waals surface area contributed by atoms with Crippen LogP contribution in [0.3, 0.4) is 0 Å². The van der Waals surface area contributed by atoms with E-state index < -0.39 is 0 Å². The lowest BCUT2D eigenvalue weighted by molar-refractivity contribution is 0.0662. The quantitative estimate of drug-likeness (QED) is 0.588. The topological polar surface area (TPSA) is 79.7 Å². The van der Waals surface area contributed by atoms with Gasteiger partial charge in [0.25, 0.3) is 5.91 Å². The van der Waals surface area contributed by atoms with Crippen molar-refractivity contribution < 1.29 is 14.3 Å². The summed E-state index contributed by atoms with van der Waals surface area (Å²) < 4.78 is 8.05. The van der Waals surface area contributed by atoms with Crippen molar-refractivity contribution >= 4 is 28.5 Å². The highest BCUT2D eigenvalue weighted by Gasteiger charge is 2.27. The lowest BCUT2D eigenvalue weighted by Gasteiger charge is -2.34. The van der Waals surface area contributed by atoms with E-state index in [1.165, 1.54) is 32.1 Å². The molecule has 2 aliphatic rings. The number of ether oxygens (including phenoxy) is 1. The molecule has 8 heteroatoms. The largest absolute Gasteiger partial charge is 0.493 e. The van der Waals surface area contributed by atoms with Gasteiger partial charge in [0.05, 0.1) is 18.5 Å². The highest BCUT2D eigenvalue weighted by atomic mass is 16.5. The van der Waals surface area contributed by atoms with Crippen LogP contribution in [0.5, 0.6) is 5.75 Å². The highest BCUT2D eigenvalue weighted by molar-refractivity contribution is 5.99. The van der Waals surface area contributed by atoms with Crippen molar-refractivity contribution in [3.63, 3.8) is 0 Å². The number of hydrogen-bond donors (Lipinski definition) is 1. The van der Waals surface area contributed by atoms with E-state index in [0.717, 1.165) is 23.3 Å². The van der Waals surface area contributed by atoms with Crippen molar-refractivity contribution in [3.8, 4) is 5.75 Å². The van der Waals surface area contributed by atoms with Crippen LogP contribution in [0.2, 0.25) is 0 Å². The van der Waals surface area contributed by atoms with Gasteiger partial charge in [-0.25, -0.2) is 4.79 Å². The number of carbonyl (C=O) groups is 2. The Hall–Kier alpha value is -3.55. The number of anilines is 1. The van der Waals surface area contributed by atoms with Crippen LogP contribution < -0.4 is 10.1 Å². The number of pyridine rings is 1. The highest BCUT2D eigenvalue weighted by Crippen LogP contribution is 2.28. The number of carbonyl (C=O) groups excluding carboxylic acids is 2. The van der Waals surface area contributed by atoms with Crippen molar-refractivity contribution in [1.82, 2.24) is 19.4 Å². The Balaban J connectivity index is 1.20. The number of fused-ring (bicyclic) bond motifs is 1. The van der Waals surface area contributed by atoms with Gasteiger partial charge in [0.1, 0.15) is 11.4 Å². The minimum absolute atomic E-state index is 0.0132. The molecule has 0 atom stereocenters. The molecule has 1 N–H and O–H groups in total. The zero-order valence-electron chi connectivity index (χ0n) is 20.3. The first kappa shape index (κ1) is 23.2. The van der Waals surface area contributed by atoms with Crippen molar-refractivity contribution in [2.24, 2.45) is 13.0 Å². The van der Waals surface area contributed by atoms with E-state index in [-0.39, 0.29) is 11.9 Å². The van der Waals surface area contributed by atoms with Crippen LogP contribution in [0.15, 0.2) is 48.8 Å². The monoisotopic (exact) mass is 475 g/mol. The molecular formula is C27H33N5O3. The second-order valence-corrected chi connectivity index (χ2v) is 9.58. The molecule has 0 spiro atoms. The number of urea groups is 1. The van der Waals surface area contributed by atoms with E-state index in [9.17, 15) is 9.59 Å². The van der Waals surface area contributed by atoms with E-state index in [0.29, 0.717) is 43.5 Å². The first-order chi connectivity index (χ1) is 17.1. The summed E-state index contributed by atoms with van der Waals surface area (Å²) in [6.45, 7) is 2.73. The Kier molecular flexibility index (Phi) is 6.88. The molecule has 1 aromatic carbocycles. The molecule has 3 aromatic rings. The Morgan fingerprint density at radius 1 is 1.03 bits per heavy atom. The summed E-state index contributed by atoms with van der Waals surface area (Å²) in [4.78, 5) is 33.4. The number of nitrogens with zero attached hydrogens (tertiary/aromatic N) is 4. The van der Waals surface area contributed by atoms with Crippen molar-refractivity contribution in [2.75, 3.05) is 38.1 Å². The number of piperazine rings is 1. The first-order valence-electron chi connectivity index (χ1n) is 12.6. The average molecular weight is 476 g/mol. The third-order valence-electron chi connectivity index (χ3n) is 7.21. The van der Waals surface area contributed by atoms with Crippen LogP contribution in [0.4, 0.5) is 10.5 Å². The third kappa shape index (κ3) is 5.26. The van der Waals surface area contributed by atoms with Crippen molar-refractivity contribution in [2.45, 2.75) is 32.1 Å². The summed E-state index contributed by atoms with van der Waals surface area (Å²) in [7, 11) is 1.93. The summed E-state index contributed by atoms with van der Waals surface area (Å²) in [6, 6.07) is 11.4. The maximum Gasteiger partial charge on any atom is 0.322 e. The molecule has 2 aromatic heterocycles. The number of hydrogen-bond acceptors (Lipinski definition) is 4. The van der Waals surface area contributed by atoms with Crippen LogP contribution in [-0.4, -0.2) is 64.1 Å². The predicted molar refractivity (Wildman–Crippen MR) is 136 cm³/mol. The average Bonchev–Trinajstić information content (AvgIpc) is 3.24. The van der Waals surface area contributed by atoms with E-state index in [1.807, 2.05) is 40.8 Å². The van der Waals surface area contributed by atoms with E-state index in [2.05, 4.69) is 10.3 Å². The molecule has 5 rings (SSSR count). The molecule has 0 unspecified atom stereocenters. The van der Waals surface area contributed by atoms with E-state index in [1.54, 1.807) is 29.4 Å². The predicted octanol–water partition coefficient (Wildman–Crippen LogP) is 4.52. The Bertz CT molecular complexity index is 1180. The molecule has 35 heavy (non-hydrogen) atoms. The maximum absolute atomic E-state index is 13.3. The van der Waals surface area contributed by atoms with Gasteiger partial charge in [-0.3, -0.25) is 9.78 Å². The number of rotatable bonds is 5. The van der Waals surface area contributed by atoms with Crippen LogP contribution >= 0.6 is 0 Å². The van der Waals surface area contributed by atoms with Gasteiger partial charge in [-0.15, -0.1) is 0 Å². The van der Waals surface area contributed by atoms with Gasteiger partial charge >= 0.3 is 6.03 Å². The van der Waals surface area contributed by atoms with Gasteiger partial charge in [0.2, 0.25) is 0 Å². The summed E-state index contributed by atoms with van der Waals surface area (Å²) in [6.07, 6.45) is 9.75. The van der Waals surface area contributed by atoms with Gasteiger partial charge in [-0.2, -0.15) is 0 Å². The summed E-state index contributed by atoms with van der Waals surface area (Å²) in [5.74, 6) is 1.50. The lowest BCUT2D eigenvalue weighted by Crippen LogP contribution is -2.51. The van der Waals surface area contributed by atoms with E-state index >= 15 is 0 Å². The van der Waals surface area contributed by atoms with Crippen LogP contribution in [-0.2, 0) is 7.05 Å². The molecule has 184 valence electrons. The molecule has 8 nitrogen and oxygen atoms in total. The number of aryl methyl sites for hydroxylation is 1. The molecule has 3 heterocycles. The maximum atomic E-state index is 13.3. The van der Waals surface area contributed by atoms with Gasteiger partial charge in [0, 0.05) is 50.3 Å². The van der Waals surface area contributed by atoms with E-state index in [4.69, 9.17) is 4.74 Å². The van der Waals surface area contributed by atoms with Gasteiger partial charge in [0.15, 0.2) is 0 Å². The van der Waals surface area contributed by atoms with Crippen LogP contribution in [0.25, 0.3) is 10.9 Å². The smallest absolute Gasteiger partial charge is 0.322 e. The Morgan fingerprint density at radius 3 is 2.54 bits per heavy atom. The molecule has 1 aliphatic heterocycles. The van der Waals surface area contributed by atoms with Gasteiger partial charge < -0.3 is 24.4 Å². The van der Waals surface area contributed by atoms with Crippen LogP contribution in [0.1, 0.15) is 42.6 Å². The lowest BCUT2D eigenvalue weighted by atomic mass is 9.90. The second kappa shape index (κ2) is 10.4. The number of aromatic nitrogens is 2.